The molecule has 0 aliphatic rings. The Morgan fingerprint density at radius 1 is 1.04 bits per heavy atom. The van der Waals surface area contributed by atoms with Gasteiger partial charge >= 0.3 is 0 Å². The maximum absolute atomic E-state index is 12.4. The number of para-hydroxylation sites is 3. The number of carbonyl (C=O) groups excluding carboxylic acids is 1. The highest BCUT2D eigenvalue weighted by molar-refractivity contribution is 6.33. The van der Waals surface area contributed by atoms with Crippen LogP contribution in [-0.4, -0.2) is 17.5 Å². The van der Waals surface area contributed by atoms with Crippen molar-refractivity contribution in [1.82, 2.24) is 4.98 Å². The molecule has 0 fully saturated rings. The molecule has 2 N–H and O–H groups in total. The topological polar surface area (TPSA) is 63.2 Å². The first-order chi connectivity index (χ1) is 12.7. The number of pyridine rings is 1. The van der Waals surface area contributed by atoms with Crippen molar-refractivity contribution in [2.24, 2.45) is 0 Å². The molecule has 0 saturated heterocycles. The maximum Gasteiger partial charge on any atom is 0.274 e. The van der Waals surface area contributed by atoms with Crippen LogP contribution in [0.2, 0.25) is 5.02 Å². The molecule has 0 unspecified atom stereocenters. The molecule has 0 bridgehead atoms. The Morgan fingerprint density at radius 3 is 2.46 bits per heavy atom. The van der Waals surface area contributed by atoms with Crippen molar-refractivity contribution in [2.75, 3.05) is 17.2 Å². The monoisotopic (exact) mass is 367 g/mol. The molecule has 2 aromatic carbocycles. The van der Waals surface area contributed by atoms with Crippen LogP contribution >= 0.6 is 11.6 Å². The summed E-state index contributed by atoms with van der Waals surface area (Å²) in [4.78, 5) is 16.6. The van der Waals surface area contributed by atoms with Gasteiger partial charge in [0.15, 0.2) is 0 Å². The molecule has 1 amide bonds. The molecule has 0 aliphatic carbocycles. The minimum absolute atomic E-state index is 0.304. The fraction of sp³-hybridized carbons (Fsp3) is 0.100. The number of aromatic nitrogens is 1. The Labute approximate surface area is 157 Å². The minimum Gasteiger partial charge on any atom is -0.492 e. The smallest absolute Gasteiger partial charge is 0.274 e. The lowest BCUT2D eigenvalue weighted by atomic mass is 10.2. The Bertz CT molecular complexity index is 898. The van der Waals surface area contributed by atoms with Crippen molar-refractivity contribution in [1.29, 1.82) is 0 Å². The lowest BCUT2D eigenvalue weighted by molar-refractivity contribution is 0.102. The first kappa shape index (κ1) is 17.8. The van der Waals surface area contributed by atoms with E-state index >= 15 is 0 Å². The van der Waals surface area contributed by atoms with Crippen molar-refractivity contribution in [3.63, 3.8) is 0 Å². The number of rotatable bonds is 6. The van der Waals surface area contributed by atoms with E-state index in [4.69, 9.17) is 16.3 Å². The van der Waals surface area contributed by atoms with E-state index in [0.717, 1.165) is 11.4 Å². The van der Waals surface area contributed by atoms with E-state index in [9.17, 15) is 4.79 Å². The summed E-state index contributed by atoms with van der Waals surface area (Å²) in [7, 11) is 0. The van der Waals surface area contributed by atoms with Crippen LogP contribution in [0.5, 0.6) is 5.75 Å². The predicted octanol–water partition coefficient (Wildman–Crippen LogP) is 5.13. The average molecular weight is 368 g/mol. The third kappa shape index (κ3) is 4.32. The van der Waals surface area contributed by atoms with E-state index in [1.807, 2.05) is 43.3 Å². The third-order valence-electron chi connectivity index (χ3n) is 3.58. The van der Waals surface area contributed by atoms with Crippen molar-refractivity contribution < 1.29 is 9.53 Å². The Balaban J connectivity index is 1.70. The van der Waals surface area contributed by atoms with E-state index in [1.165, 1.54) is 0 Å². The van der Waals surface area contributed by atoms with Gasteiger partial charge in [0.2, 0.25) is 0 Å². The highest BCUT2D eigenvalue weighted by Gasteiger charge is 2.11. The average Bonchev–Trinajstić information content (AvgIpc) is 2.66. The second-order valence-electron chi connectivity index (χ2n) is 5.42. The van der Waals surface area contributed by atoms with Crippen molar-refractivity contribution in [3.8, 4) is 5.75 Å². The SMILES string of the molecule is CCOc1ccccc1NC(=O)c1ccc(Nc2ccccc2Cl)cn1. The summed E-state index contributed by atoms with van der Waals surface area (Å²) in [6.07, 6.45) is 1.59. The van der Waals surface area contributed by atoms with Crippen LogP contribution in [0.4, 0.5) is 17.1 Å². The Kier molecular flexibility index (Phi) is 5.71. The number of anilines is 3. The summed E-state index contributed by atoms with van der Waals surface area (Å²) >= 11 is 6.13. The third-order valence-corrected chi connectivity index (χ3v) is 3.91. The molecule has 5 nitrogen and oxygen atoms in total. The van der Waals surface area contributed by atoms with Gasteiger partial charge in [-0.2, -0.15) is 0 Å². The zero-order valence-corrected chi connectivity index (χ0v) is 15.0. The largest absolute Gasteiger partial charge is 0.492 e. The lowest BCUT2D eigenvalue weighted by Gasteiger charge is -2.11. The van der Waals surface area contributed by atoms with Crippen LogP contribution in [0.15, 0.2) is 66.9 Å². The van der Waals surface area contributed by atoms with Gasteiger partial charge in [-0.15, -0.1) is 0 Å². The minimum atomic E-state index is -0.304. The molecular formula is C20H18ClN3O2. The highest BCUT2D eigenvalue weighted by atomic mass is 35.5. The first-order valence-corrected chi connectivity index (χ1v) is 8.56. The molecule has 0 aliphatic heterocycles. The highest BCUT2D eigenvalue weighted by Crippen LogP contribution is 2.26. The summed E-state index contributed by atoms with van der Waals surface area (Å²) in [6, 6.07) is 18.1. The summed E-state index contributed by atoms with van der Waals surface area (Å²) in [5.41, 5.74) is 2.43. The number of nitrogens with zero attached hydrogens (tertiary/aromatic N) is 1. The second kappa shape index (κ2) is 8.36. The molecule has 0 saturated carbocycles. The molecule has 6 heteroatoms. The number of amides is 1. The number of ether oxygens (including phenoxy) is 1. The normalized spacial score (nSPS) is 10.2. The van der Waals surface area contributed by atoms with E-state index in [-0.39, 0.29) is 5.91 Å². The number of hydrogen-bond donors (Lipinski definition) is 2. The predicted molar refractivity (Wildman–Crippen MR) is 105 cm³/mol. The van der Waals surface area contributed by atoms with Gasteiger partial charge in [0.25, 0.3) is 5.91 Å². The molecule has 132 valence electrons. The number of halogens is 1. The van der Waals surface area contributed by atoms with Crippen LogP contribution in [0, 0.1) is 0 Å². The Morgan fingerprint density at radius 2 is 1.77 bits per heavy atom. The van der Waals surface area contributed by atoms with Gasteiger partial charge < -0.3 is 15.4 Å². The van der Waals surface area contributed by atoms with Crippen LogP contribution in [0.25, 0.3) is 0 Å². The number of carbonyl (C=O) groups is 1. The van der Waals surface area contributed by atoms with Crippen LogP contribution in [0.3, 0.4) is 0 Å². The van der Waals surface area contributed by atoms with Crippen molar-refractivity contribution in [2.45, 2.75) is 6.92 Å². The molecule has 3 rings (SSSR count). The van der Waals surface area contributed by atoms with Gasteiger partial charge in [-0.05, 0) is 43.3 Å². The first-order valence-electron chi connectivity index (χ1n) is 8.18. The molecule has 26 heavy (non-hydrogen) atoms. The zero-order valence-electron chi connectivity index (χ0n) is 14.2. The van der Waals surface area contributed by atoms with Crippen LogP contribution in [0.1, 0.15) is 17.4 Å². The van der Waals surface area contributed by atoms with E-state index < -0.39 is 0 Å². The van der Waals surface area contributed by atoms with E-state index in [0.29, 0.717) is 28.8 Å². The van der Waals surface area contributed by atoms with Crippen molar-refractivity contribution >= 4 is 34.6 Å². The molecular weight excluding hydrogens is 350 g/mol. The number of benzene rings is 2. The maximum atomic E-state index is 12.4. The Hall–Kier alpha value is -3.05. The zero-order chi connectivity index (χ0) is 18.4. The molecule has 1 aromatic heterocycles. The van der Waals surface area contributed by atoms with Crippen LogP contribution in [-0.2, 0) is 0 Å². The van der Waals surface area contributed by atoms with Gasteiger partial charge in [0.1, 0.15) is 11.4 Å². The number of nitrogens with one attached hydrogen (secondary N) is 2. The molecule has 0 radical (unpaired) electrons. The van der Waals surface area contributed by atoms with Gasteiger partial charge in [0.05, 0.1) is 34.9 Å². The summed E-state index contributed by atoms with van der Waals surface area (Å²) in [5, 5.41) is 6.60. The summed E-state index contributed by atoms with van der Waals surface area (Å²) in [6.45, 7) is 2.42. The summed E-state index contributed by atoms with van der Waals surface area (Å²) < 4.78 is 5.51. The van der Waals surface area contributed by atoms with E-state index in [2.05, 4.69) is 15.6 Å². The van der Waals surface area contributed by atoms with Crippen molar-refractivity contribution in [3.05, 3.63) is 77.6 Å². The number of hydrogen-bond acceptors (Lipinski definition) is 4. The van der Waals surface area contributed by atoms with Gasteiger partial charge in [-0.3, -0.25) is 4.79 Å². The van der Waals surface area contributed by atoms with E-state index in [1.54, 1.807) is 30.5 Å². The van der Waals surface area contributed by atoms with Gasteiger partial charge in [-0.25, -0.2) is 4.98 Å². The standard InChI is InChI=1S/C20H18ClN3O2/c1-2-26-19-10-6-5-9-17(19)24-20(25)18-12-11-14(13-22-18)23-16-8-4-3-7-15(16)21/h3-13,23H,2H2,1H3,(H,24,25). The molecule has 0 atom stereocenters. The fourth-order valence-corrected chi connectivity index (χ4v) is 2.54. The second-order valence-corrected chi connectivity index (χ2v) is 5.83. The summed E-state index contributed by atoms with van der Waals surface area (Å²) in [5.74, 6) is 0.321. The van der Waals surface area contributed by atoms with Crippen LogP contribution < -0.4 is 15.4 Å². The lowest BCUT2D eigenvalue weighted by Crippen LogP contribution is -2.14. The molecule has 0 spiro atoms. The molecule has 1 heterocycles. The quantitative estimate of drug-likeness (QED) is 0.634. The fourth-order valence-electron chi connectivity index (χ4n) is 2.36. The van der Waals surface area contributed by atoms with Gasteiger partial charge in [0, 0.05) is 0 Å². The molecule has 3 aromatic rings. The van der Waals surface area contributed by atoms with Gasteiger partial charge in [-0.1, -0.05) is 35.9 Å².